The molecule has 29 heavy (non-hydrogen) atoms. The van der Waals surface area contributed by atoms with E-state index in [4.69, 9.17) is 16.7 Å². The molecule has 1 N–H and O–H groups in total. The van der Waals surface area contributed by atoms with E-state index in [1.54, 1.807) is 22.9 Å². The smallest absolute Gasteiger partial charge is 0.274 e. The van der Waals surface area contributed by atoms with Gasteiger partial charge >= 0.3 is 0 Å². The maximum absolute atomic E-state index is 13.1. The van der Waals surface area contributed by atoms with Crippen molar-refractivity contribution in [2.75, 3.05) is 5.32 Å². The number of aromatic nitrogens is 3. The van der Waals surface area contributed by atoms with Gasteiger partial charge in [0.25, 0.3) is 5.91 Å². The van der Waals surface area contributed by atoms with E-state index in [1.807, 2.05) is 74.1 Å². The Morgan fingerprint density at radius 2 is 1.83 bits per heavy atom. The summed E-state index contributed by atoms with van der Waals surface area (Å²) in [5, 5.41) is 8.26. The third kappa shape index (κ3) is 3.82. The summed E-state index contributed by atoms with van der Waals surface area (Å²) < 4.78 is 3.60. The molecule has 2 aromatic carbocycles. The Hall–Kier alpha value is -3.31. The normalized spacial score (nSPS) is 10.9. The van der Waals surface area contributed by atoms with Crippen LogP contribution in [0.25, 0.3) is 17.1 Å². The van der Waals surface area contributed by atoms with Crippen molar-refractivity contribution >= 4 is 23.2 Å². The van der Waals surface area contributed by atoms with E-state index in [9.17, 15) is 4.79 Å². The number of hydrogen-bond donors (Lipinski definition) is 1. The molecule has 5 nitrogen and oxygen atoms in total. The van der Waals surface area contributed by atoms with Crippen molar-refractivity contribution in [3.05, 3.63) is 88.7 Å². The summed E-state index contributed by atoms with van der Waals surface area (Å²) in [7, 11) is 1.95. The zero-order chi connectivity index (χ0) is 20.5. The number of amides is 1. The molecule has 1 amide bonds. The van der Waals surface area contributed by atoms with Gasteiger partial charge in [0.15, 0.2) is 0 Å². The van der Waals surface area contributed by atoms with Crippen LogP contribution in [0.2, 0.25) is 5.02 Å². The van der Waals surface area contributed by atoms with Crippen LogP contribution in [-0.2, 0) is 7.05 Å². The van der Waals surface area contributed by atoms with Crippen molar-refractivity contribution in [3.8, 4) is 17.1 Å². The lowest BCUT2D eigenvalue weighted by atomic mass is 10.1. The summed E-state index contributed by atoms with van der Waals surface area (Å²) in [6.07, 6.45) is 1.95. The minimum atomic E-state index is -0.235. The van der Waals surface area contributed by atoms with Gasteiger partial charge in [0, 0.05) is 24.0 Å². The number of anilines is 1. The van der Waals surface area contributed by atoms with Gasteiger partial charge in [-0.05, 0) is 73.5 Å². The fraction of sp³-hybridized carbons (Fsp3) is 0.130. The molecule has 6 heteroatoms. The van der Waals surface area contributed by atoms with Gasteiger partial charge in [-0.25, -0.2) is 4.68 Å². The standard InChI is InChI=1S/C23H21ClN4O/c1-15-9-10-18(12-16(15)2)25-23(29)22-14-20(21-8-5-11-27(21)3)26-28(22)19-7-4-6-17(24)13-19/h4-14H,1-3H3,(H,25,29). The summed E-state index contributed by atoms with van der Waals surface area (Å²) in [5.41, 5.74) is 5.84. The van der Waals surface area contributed by atoms with Crippen molar-refractivity contribution in [3.63, 3.8) is 0 Å². The Bertz CT molecular complexity index is 1210. The molecular formula is C23H21ClN4O. The summed E-state index contributed by atoms with van der Waals surface area (Å²) in [5.74, 6) is -0.235. The Labute approximate surface area is 174 Å². The lowest BCUT2D eigenvalue weighted by molar-refractivity contribution is 0.101. The molecule has 0 radical (unpaired) electrons. The van der Waals surface area contributed by atoms with Crippen LogP contribution in [0.1, 0.15) is 21.6 Å². The van der Waals surface area contributed by atoms with Crippen LogP contribution in [0.15, 0.2) is 66.9 Å². The molecule has 0 saturated heterocycles. The van der Waals surface area contributed by atoms with Crippen LogP contribution < -0.4 is 5.32 Å². The van der Waals surface area contributed by atoms with Crippen LogP contribution >= 0.6 is 11.6 Å². The van der Waals surface area contributed by atoms with Gasteiger partial charge < -0.3 is 9.88 Å². The van der Waals surface area contributed by atoms with Crippen LogP contribution in [-0.4, -0.2) is 20.3 Å². The highest BCUT2D eigenvalue weighted by Gasteiger charge is 2.19. The van der Waals surface area contributed by atoms with Gasteiger partial charge in [0.2, 0.25) is 0 Å². The molecule has 0 atom stereocenters. The summed E-state index contributed by atoms with van der Waals surface area (Å²) in [6.45, 7) is 4.07. The predicted octanol–water partition coefficient (Wildman–Crippen LogP) is 5.40. The first-order chi connectivity index (χ1) is 13.9. The number of aryl methyl sites for hydroxylation is 3. The zero-order valence-electron chi connectivity index (χ0n) is 16.5. The second-order valence-corrected chi connectivity index (χ2v) is 7.50. The van der Waals surface area contributed by atoms with E-state index in [-0.39, 0.29) is 5.91 Å². The summed E-state index contributed by atoms with van der Waals surface area (Å²) in [6, 6.07) is 18.9. The van der Waals surface area contributed by atoms with Crippen LogP contribution in [0.3, 0.4) is 0 Å². The van der Waals surface area contributed by atoms with Crippen molar-refractivity contribution in [1.29, 1.82) is 0 Å². The monoisotopic (exact) mass is 404 g/mol. The van der Waals surface area contributed by atoms with Crippen LogP contribution in [0, 0.1) is 13.8 Å². The first kappa shape index (κ1) is 19.0. The first-order valence-electron chi connectivity index (χ1n) is 9.29. The third-order valence-electron chi connectivity index (χ3n) is 4.97. The van der Waals surface area contributed by atoms with Gasteiger partial charge in [-0.3, -0.25) is 4.79 Å². The highest BCUT2D eigenvalue weighted by molar-refractivity contribution is 6.30. The molecule has 0 saturated carbocycles. The van der Waals surface area contributed by atoms with Gasteiger partial charge in [-0.2, -0.15) is 5.10 Å². The topological polar surface area (TPSA) is 51.9 Å². The molecule has 2 aromatic heterocycles. The Morgan fingerprint density at radius 1 is 1.00 bits per heavy atom. The minimum Gasteiger partial charge on any atom is -0.349 e. The lowest BCUT2D eigenvalue weighted by Gasteiger charge is -2.10. The molecule has 2 heterocycles. The van der Waals surface area contributed by atoms with Crippen LogP contribution in [0.5, 0.6) is 0 Å². The minimum absolute atomic E-state index is 0.235. The zero-order valence-corrected chi connectivity index (χ0v) is 17.2. The van der Waals surface area contributed by atoms with Crippen molar-refractivity contribution < 1.29 is 4.79 Å². The molecule has 0 aliphatic carbocycles. The van der Waals surface area contributed by atoms with Crippen LogP contribution in [0.4, 0.5) is 5.69 Å². The number of benzene rings is 2. The average molecular weight is 405 g/mol. The third-order valence-corrected chi connectivity index (χ3v) is 5.20. The average Bonchev–Trinajstić information content (AvgIpc) is 3.31. The Kier molecular flexibility index (Phi) is 4.99. The molecule has 0 bridgehead atoms. The Balaban J connectivity index is 1.78. The fourth-order valence-electron chi connectivity index (χ4n) is 3.21. The number of carbonyl (C=O) groups is 1. The van der Waals surface area contributed by atoms with Crippen molar-refractivity contribution in [2.45, 2.75) is 13.8 Å². The quantitative estimate of drug-likeness (QED) is 0.495. The van der Waals surface area contributed by atoms with Gasteiger partial charge in [-0.1, -0.05) is 23.7 Å². The molecule has 4 aromatic rings. The van der Waals surface area contributed by atoms with E-state index in [2.05, 4.69) is 5.32 Å². The first-order valence-corrected chi connectivity index (χ1v) is 9.66. The van der Waals surface area contributed by atoms with E-state index in [1.165, 1.54) is 5.56 Å². The van der Waals surface area contributed by atoms with E-state index in [0.717, 1.165) is 22.6 Å². The van der Waals surface area contributed by atoms with E-state index in [0.29, 0.717) is 16.4 Å². The summed E-state index contributed by atoms with van der Waals surface area (Å²) in [4.78, 5) is 13.1. The maximum atomic E-state index is 13.1. The highest BCUT2D eigenvalue weighted by atomic mass is 35.5. The van der Waals surface area contributed by atoms with Gasteiger partial charge in [0.05, 0.1) is 11.4 Å². The molecule has 0 aliphatic rings. The van der Waals surface area contributed by atoms with Crippen molar-refractivity contribution in [2.24, 2.45) is 7.05 Å². The van der Waals surface area contributed by atoms with Crippen molar-refractivity contribution in [1.82, 2.24) is 14.3 Å². The maximum Gasteiger partial charge on any atom is 0.274 e. The second-order valence-electron chi connectivity index (χ2n) is 7.06. The van der Waals surface area contributed by atoms with Gasteiger partial charge in [-0.15, -0.1) is 0 Å². The molecule has 0 aliphatic heterocycles. The number of nitrogens with zero attached hydrogens (tertiary/aromatic N) is 3. The number of rotatable bonds is 4. The number of nitrogens with one attached hydrogen (secondary N) is 1. The van der Waals surface area contributed by atoms with Gasteiger partial charge in [0.1, 0.15) is 11.4 Å². The number of hydrogen-bond acceptors (Lipinski definition) is 2. The Morgan fingerprint density at radius 3 is 2.52 bits per heavy atom. The number of carbonyl (C=O) groups excluding carboxylic acids is 1. The number of halogens is 1. The van der Waals surface area contributed by atoms with E-state index >= 15 is 0 Å². The molecule has 4 rings (SSSR count). The molecule has 146 valence electrons. The predicted molar refractivity (Wildman–Crippen MR) is 117 cm³/mol. The molecule has 0 unspecified atom stereocenters. The molecule has 0 spiro atoms. The molecular weight excluding hydrogens is 384 g/mol. The lowest BCUT2D eigenvalue weighted by Crippen LogP contribution is -2.17. The highest BCUT2D eigenvalue weighted by Crippen LogP contribution is 2.24. The largest absolute Gasteiger partial charge is 0.349 e. The van der Waals surface area contributed by atoms with E-state index < -0.39 is 0 Å². The second kappa shape index (κ2) is 7.60. The fourth-order valence-corrected chi connectivity index (χ4v) is 3.40. The summed E-state index contributed by atoms with van der Waals surface area (Å²) >= 11 is 6.17. The molecule has 0 fully saturated rings. The SMILES string of the molecule is Cc1ccc(NC(=O)c2cc(-c3cccn3C)nn2-c2cccc(Cl)c2)cc1C.